The number of nitrogens with one attached hydrogen (secondary N) is 1. The molecule has 0 aliphatic rings. The van der Waals surface area contributed by atoms with Crippen molar-refractivity contribution >= 4 is 0 Å². The van der Waals surface area contributed by atoms with E-state index in [1.54, 1.807) is 0 Å². The van der Waals surface area contributed by atoms with E-state index in [1.165, 1.54) is 12.8 Å². The molecule has 0 aliphatic heterocycles. The molecule has 0 amide bonds. The van der Waals surface area contributed by atoms with Crippen LogP contribution in [0.2, 0.25) is 0 Å². The Balaban J connectivity index is 4.18. The van der Waals surface area contributed by atoms with Gasteiger partial charge in [0, 0.05) is 18.6 Å². The maximum Gasteiger partial charge on any atom is 0.0222 e. The number of likely N-dealkylation sites (N-methyl/N-ethyl adjacent to an activating group) is 1. The zero-order valence-electron chi connectivity index (χ0n) is 12.2. The molecule has 0 heterocycles. The van der Waals surface area contributed by atoms with Gasteiger partial charge in [0.15, 0.2) is 0 Å². The van der Waals surface area contributed by atoms with Crippen molar-refractivity contribution < 1.29 is 0 Å². The van der Waals surface area contributed by atoms with Crippen molar-refractivity contribution in [2.75, 3.05) is 19.6 Å². The molecule has 16 heavy (non-hydrogen) atoms. The fourth-order valence-corrected chi connectivity index (χ4v) is 2.13. The Morgan fingerprint density at radius 2 is 1.56 bits per heavy atom. The summed E-state index contributed by atoms with van der Waals surface area (Å²) in [6.07, 6.45) is 2.51. The molecule has 98 valence electrons. The van der Waals surface area contributed by atoms with E-state index in [-0.39, 0.29) is 0 Å². The third-order valence-corrected chi connectivity index (χ3v) is 3.39. The second kappa shape index (κ2) is 9.00. The minimum absolute atomic E-state index is 0.644. The van der Waals surface area contributed by atoms with Gasteiger partial charge in [-0.3, -0.25) is 4.90 Å². The second-order valence-corrected chi connectivity index (χ2v) is 5.22. The molecule has 2 heteroatoms. The predicted octanol–water partition coefficient (Wildman–Crippen LogP) is 3.13. The quantitative estimate of drug-likeness (QED) is 0.652. The van der Waals surface area contributed by atoms with E-state index in [2.05, 4.69) is 51.8 Å². The minimum Gasteiger partial charge on any atom is -0.313 e. The molecule has 0 aromatic rings. The molecule has 0 aromatic heterocycles. The van der Waals surface area contributed by atoms with Crippen molar-refractivity contribution in [2.45, 2.75) is 66.5 Å². The van der Waals surface area contributed by atoms with Gasteiger partial charge in [0.05, 0.1) is 0 Å². The van der Waals surface area contributed by atoms with E-state index in [4.69, 9.17) is 0 Å². The lowest BCUT2D eigenvalue weighted by Gasteiger charge is -2.32. The molecule has 1 N–H and O–H groups in total. The predicted molar refractivity (Wildman–Crippen MR) is 73.9 cm³/mol. The summed E-state index contributed by atoms with van der Waals surface area (Å²) in [6.45, 7) is 17.1. The molecule has 2 atom stereocenters. The molecule has 0 rings (SSSR count). The fourth-order valence-electron chi connectivity index (χ4n) is 2.13. The third kappa shape index (κ3) is 6.49. The number of hydrogen-bond acceptors (Lipinski definition) is 2. The van der Waals surface area contributed by atoms with Crippen LogP contribution in [0.5, 0.6) is 0 Å². The molecule has 0 bridgehead atoms. The molecule has 2 nitrogen and oxygen atoms in total. The molecule has 0 saturated carbocycles. The summed E-state index contributed by atoms with van der Waals surface area (Å²) in [5.41, 5.74) is 0. The van der Waals surface area contributed by atoms with E-state index in [0.717, 1.165) is 25.6 Å². The van der Waals surface area contributed by atoms with Crippen molar-refractivity contribution in [2.24, 2.45) is 5.92 Å². The topological polar surface area (TPSA) is 15.3 Å². The van der Waals surface area contributed by atoms with Crippen LogP contribution in [0.1, 0.15) is 54.4 Å². The van der Waals surface area contributed by atoms with Gasteiger partial charge >= 0.3 is 0 Å². The Morgan fingerprint density at radius 1 is 1.00 bits per heavy atom. The van der Waals surface area contributed by atoms with E-state index < -0.39 is 0 Å². The second-order valence-electron chi connectivity index (χ2n) is 5.22. The standard InChI is InChI=1S/C14H32N2/c1-7-13(6)15-11-14(10-12(4)5)16(8-2)9-3/h12-15H,7-11H2,1-6H3. The molecule has 0 radical (unpaired) electrons. The normalized spacial score (nSPS) is 15.8. The van der Waals surface area contributed by atoms with Crippen LogP contribution in [0.3, 0.4) is 0 Å². The zero-order valence-corrected chi connectivity index (χ0v) is 12.2. The van der Waals surface area contributed by atoms with Crippen molar-refractivity contribution in [3.8, 4) is 0 Å². The highest BCUT2D eigenvalue weighted by Crippen LogP contribution is 2.11. The van der Waals surface area contributed by atoms with Crippen LogP contribution in [0.15, 0.2) is 0 Å². The summed E-state index contributed by atoms with van der Waals surface area (Å²) in [5, 5.41) is 3.65. The van der Waals surface area contributed by atoms with E-state index in [1.807, 2.05) is 0 Å². The van der Waals surface area contributed by atoms with Crippen LogP contribution < -0.4 is 5.32 Å². The van der Waals surface area contributed by atoms with Crippen LogP contribution in [0.25, 0.3) is 0 Å². The summed E-state index contributed by atoms with van der Waals surface area (Å²) in [5.74, 6) is 0.782. The van der Waals surface area contributed by atoms with Gasteiger partial charge < -0.3 is 5.32 Å². The fraction of sp³-hybridized carbons (Fsp3) is 1.00. The lowest BCUT2D eigenvalue weighted by atomic mass is 10.0. The Morgan fingerprint density at radius 3 is 1.94 bits per heavy atom. The highest BCUT2D eigenvalue weighted by molar-refractivity contribution is 4.75. The molecule has 2 unspecified atom stereocenters. The molecule has 0 spiro atoms. The van der Waals surface area contributed by atoms with Gasteiger partial charge in [-0.25, -0.2) is 0 Å². The van der Waals surface area contributed by atoms with Crippen LogP contribution in [0, 0.1) is 5.92 Å². The van der Waals surface area contributed by atoms with Crippen molar-refractivity contribution in [3.05, 3.63) is 0 Å². The number of nitrogens with zero attached hydrogens (tertiary/aromatic N) is 1. The van der Waals surface area contributed by atoms with Gasteiger partial charge in [0.2, 0.25) is 0 Å². The van der Waals surface area contributed by atoms with Crippen LogP contribution in [0.4, 0.5) is 0 Å². The monoisotopic (exact) mass is 228 g/mol. The van der Waals surface area contributed by atoms with Crippen LogP contribution >= 0.6 is 0 Å². The van der Waals surface area contributed by atoms with E-state index in [9.17, 15) is 0 Å². The molecular formula is C14H32N2. The Bertz CT molecular complexity index is 153. The summed E-state index contributed by atoms with van der Waals surface area (Å²) in [6, 6.07) is 1.34. The molecule has 0 saturated heterocycles. The smallest absolute Gasteiger partial charge is 0.0222 e. The first kappa shape index (κ1) is 15.9. The van der Waals surface area contributed by atoms with Gasteiger partial charge in [0.25, 0.3) is 0 Å². The van der Waals surface area contributed by atoms with E-state index >= 15 is 0 Å². The lowest BCUT2D eigenvalue weighted by Crippen LogP contribution is -2.45. The van der Waals surface area contributed by atoms with Crippen molar-refractivity contribution in [3.63, 3.8) is 0 Å². The maximum atomic E-state index is 3.65. The Hall–Kier alpha value is -0.0800. The first-order chi connectivity index (χ1) is 7.54. The van der Waals surface area contributed by atoms with Crippen molar-refractivity contribution in [1.82, 2.24) is 10.2 Å². The van der Waals surface area contributed by atoms with E-state index in [0.29, 0.717) is 12.1 Å². The van der Waals surface area contributed by atoms with Gasteiger partial charge in [-0.2, -0.15) is 0 Å². The average molecular weight is 228 g/mol. The van der Waals surface area contributed by atoms with Gasteiger partial charge in [-0.05, 0) is 38.8 Å². The third-order valence-electron chi connectivity index (χ3n) is 3.39. The Labute approximate surface area is 103 Å². The number of rotatable bonds is 9. The lowest BCUT2D eigenvalue weighted by molar-refractivity contribution is 0.182. The largest absolute Gasteiger partial charge is 0.313 e. The van der Waals surface area contributed by atoms with Crippen molar-refractivity contribution in [1.29, 1.82) is 0 Å². The molecule has 0 aliphatic carbocycles. The van der Waals surface area contributed by atoms with Gasteiger partial charge in [-0.1, -0.05) is 34.6 Å². The maximum absolute atomic E-state index is 3.65. The zero-order chi connectivity index (χ0) is 12.6. The summed E-state index contributed by atoms with van der Waals surface area (Å²) >= 11 is 0. The first-order valence-electron chi connectivity index (χ1n) is 7.02. The molecule has 0 aromatic carbocycles. The molecule has 0 fully saturated rings. The minimum atomic E-state index is 0.644. The van der Waals surface area contributed by atoms with Crippen LogP contribution in [-0.4, -0.2) is 36.6 Å². The van der Waals surface area contributed by atoms with Gasteiger partial charge in [-0.15, -0.1) is 0 Å². The SMILES string of the molecule is CCC(C)NCC(CC(C)C)N(CC)CC. The highest BCUT2D eigenvalue weighted by Gasteiger charge is 2.17. The highest BCUT2D eigenvalue weighted by atomic mass is 15.2. The average Bonchev–Trinajstić information content (AvgIpc) is 2.26. The summed E-state index contributed by atoms with van der Waals surface area (Å²) < 4.78 is 0. The van der Waals surface area contributed by atoms with Gasteiger partial charge in [0.1, 0.15) is 0 Å². The number of hydrogen-bond donors (Lipinski definition) is 1. The summed E-state index contributed by atoms with van der Waals surface area (Å²) in [4.78, 5) is 2.58. The van der Waals surface area contributed by atoms with Crippen LogP contribution in [-0.2, 0) is 0 Å². The summed E-state index contributed by atoms with van der Waals surface area (Å²) in [7, 11) is 0. The first-order valence-corrected chi connectivity index (χ1v) is 7.02. The Kier molecular flexibility index (Phi) is 8.96. The molecular weight excluding hydrogens is 196 g/mol.